The monoisotopic (exact) mass is 252 g/mol. The van der Waals surface area contributed by atoms with Gasteiger partial charge in [-0.15, -0.1) is 6.42 Å². The third kappa shape index (κ3) is 19.6. The molecule has 1 saturated heterocycles. The standard InChI is InChI=1S/C5H5.C4H8O.2CH2O.Mn/c2*1-2-4-5-3-1;2*1-2;/h1-2,5H,3H2;1-4H2;2*1H2;/q-1;;;;. The van der Waals surface area contributed by atoms with Crippen LogP contribution >= 0.6 is 0 Å². The van der Waals surface area contributed by atoms with Crippen molar-refractivity contribution in [3.05, 3.63) is 24.3 Å². The van der Waals surface area contributed by atoms with Gasteiger partial charge in [-0.2, -0.15) is 6.08 Å². The number of ether oxygens (including phenoxy) is 1. The molecule has 87 valence electrons. The second-order valence-electron chi connectivity index (χ2n) is 2.33. The van der Waals surface area contributed by atoms with Crippen LogP contribution in [-0.4, -0.2) is 26.8 Å². The first-order chi connectivity index (χ1) is 7.00. The zero-order valence-electron chi connectivity index (χ0n) is 8.78. The summed E-state index contributed by atoms with van der Waals surface area (Å²) in [5.41, 5.74) is 0. The SMILES string of the molecule is C1CCOC1.C=O.C=O.[C-]1=CCC=C1.[Mn]. The molecule has 1 fully saturated rings. The minimum atomic E-state index is 0. The molecule has 0 bridgehead atoms. The van der Waals surface area contributed by atoms with E-state index in [1.54, 1.807) is 0 Å². The Balaban J connectivity index is -0.000000138. The average Bonchev–Trinajstić information content (AvgIpc) is 3.01. The molecule has 2 aliphatic rings. The van der Waals surface area contributed by atoms with Gasteiger partial charge >= 0.3 is 0 Å². The summed E-state index contributed by atoms with van der Waals surface area (Å²) in [6.45, 7) is 6.00. The van der Waals surface area contributed by atoms with Gasteiger partial charge in [0.1, 0.15) is 13.6 Å². The van der Waals surface area contributed by atoms with Gasteiger partial charge in [-0.25, -0.2) is 12.2 Å². The van der Waals surface area contributed by atoms with E-state index < -0.39 is 0 Å². The number of rotatable bonds is 0. The van der Waals surface area contributed by atoms with Crippen LogP contribution in [0.1, 0.15) is 19.3 Å². The molecular weight excluding hydrogens is 235 g/mol. The van der Waals surface area contributed by atoms with Crippen molar-refractivity contribution in [3.63, 3.8) is 0 Å². The van der Waals surface area contributed by atoms with Gasteiger partial charge in [0.2, 0.25) is 0 Å². The van der Waals surface area contributed by atoms with Crippen molar-refractivity contribution < 1.29 is 31.4 Å². The maximum atomic E-state index is 8.00. The maximum Gasteiger partial charge on any atom is 0.106 e. The summed E-state index contributed by atoms with van der Waals surface area (Å²) in [5.74, 6) is 0. The summed E-state index contributed by atoms with van der Waals surface area (Å²) in [6.07, 6.45) is 12.6. The Labute approximate surface area is 102 Å². The van der Waals surface area contributed by atoms with E-state index in [1.165, 1.54) is 12.8 Å². The smallest absolute Gasteiger partial charge is 0.106 e. The van der Waals surface area contributed by atoms with E-state index in [2.05, 4.69) is 12.2 Å². The van der Waals surface area contributed by atoms with E-state index >= 15 is 0 Å². The molecule has 0 aromatic rings. The van der Waals surface area contributed by atoms with Crippen LogP contribution in [0.2, 0.25) is 0 Å². The Bertz CT molecular complexity index is 134. The van der Waals surface area contributed by atoms with Crippen molar-refractivity contribution in [2.45, 2.75) is 19.3 Å². The molecular formula is C11H17MnO3-. The van der Waals surface area contributed by atoms with Gasteiger partial charge < -0.3 is 14.3 Å². The normalized spacial score (nSPS) is 14.4. The quantitative estimate of drug-likeness (QED) is 0.487. The molecule has 1 radical (unpaired) electrons. The molecule has 0 amide bonds. The summed E-state index contributed by atoms with van der Waals surface area (Å²) in [6, 6.07) is 0. The van der Waals surface area contributed by atoms with Crippen LogP contribution in [0.15, 0.2) is 18.2 Å². The molecule has 4 heteroatoms. The van der Waals surface area contributed by atoms with E-state index in [-0.39, 0.29) is 17.1 Å². The fourth-order valence-corrected chi connectivity index (χ4v) is 0.851. The molecule has 2 rings (SSSR count). The zero-order chi connectivity index (χ0) is 11.1. The first-order valence-corrected chi connectivity index (χ1v) is 4.38. The second kappa shape index (κ2) is 23.3. The van der Waals surface area contributed by atoms with Crippen LogP contribution in [0.3, 0.4) is 0 Å². The van der Waals surface area contributed by atoms with Gasteiger partial charge in [0, 0.05) is 30.3 Å². The molecule has 1 aliphatic carbocycles. The van der Waals surface area contributed by atoms with Gasteiger partial charge in [-0.1, -0.05) is 0 Å². The molecule has 0 N–H and O–H groups in total. The third-order valence-corrected chi connectivity index (χ3v) is 1.41. The molecule has 0 saturated carbocycles. The summed E-state index contributed by atoms with van der Waals surface area (Å²) in [5, 5.41) is 0. The van der Waals surface area contributed by atoms with Crippen molar-refractivity contribution in [1.29, 1.82) is 0 Å². The fraction of sp³-hybridized carbons (Fsp3) is 0.455. The van der Waals surface area contributed by atoms with Crippen molar-refractivity contribution >= 4 is 13.6 Å². The van der Waals surface area contributed by atoms with Crippen molar-refractivity contribution in [2.75, 3.05) is 13.2 Å². The van der Waals surface area contributed by atoms with Crippen LogP contribution in [0.25, 0.3) is 0 Å². The molecule has 1 heterocycles. The Morgan fingerprint density at radius 2 is 1.60 bits per heavy atom. The largest absolute Gasteiger partial charge is 0.381 e. The predicted molar refractivity (Wildman–Crippen MR) is 55.9 cm³/mol. The minimum absolute atomic E-state index is 0. The summed E-state index contributed by atoms with van der Waals surface area (Å²) in [4.78, 5) is 16.0. The van der Waals surface area contributed by atoms with Gasteiger partial charge in [-0.3, -0.25) is 6.08 Å². The molecule has 15 heavy (non-hydrogen) atoms. The van der Waals surface area contributed by atoms with Crippen molar-refractivity contribution in [2.24, 2.45) is 0 Å². The van der Waals surface area contributed by atoms with Crippen LogP contribution in [0, 0.1) is 6.08 Å². The molecule has 3 nitrogen and oxygen atoms in total. The van der Waals surface area contributed by atoms with Gasteiger partial charge in [0.15, 0.2) is 0 Å². The topological polar surface area (TPSA) is 43.4 Å². The summed E-state index contributed by atoms with van der Waals surface area (Å²) in [7, 11) is 0. The van der Waals surface area contributed by atoms with Crippen molar-refractivity contribution in [1.82, 2.24) is 0 Å². The number of carbonyl (C=O) groups is 2. The second-order valence-corrected chi connectivity index (χ2v) is 2.33. The molecule has 0 unspecified atom stereocenters. The Morgan fingerprint density at radius 3 is 1.73 bits per heavy atom. The van der Waals surface area contributed by atoms with E-state index in [0.29, 0.717) is 0 Å². The Hall–Kier alpha value is -0.701. The molecule has 0 aromatic carbocycles. The molecule has 0 spiro atoms. The minimum Gasteiger partial charge on any atom is -0.381 e. The third-order valence-electron chi connectivity index (χ3n) is 1.41. The van der Waals surface area contributed by atoms with E-state index in [1.807, 2.05) is 25.7 Å². The number of hydrogen-bond donors (Lipinski definition) is 0. The van der Waals surface area contributed by atoms with E-state index in [4.69, 9.17) is 14.3 Å². The molecule has 0 aromatic heterocycles. The van der Waals surface area contributed by atoms with Gasteiger partial charge in [-0.05, 0) is 12.8 Å². The van der Waals surface area contributed by atoms with E-state index in [0.717, 1.165) is 19.6 Å². The predicted octanol–water partition coefficient (Wildman–Crippen LogP) is 1.73. The van der Waals surface area contributed by atoms with Crippen LogP contribution in [0.4, 0.5) is 0 Å². The zero-order valence-corrected chi connectivity index (χ0v) is 9.96. The number of carbonyl (C=O) groups excluding carboxylic acids is 2. The summed E-state index contributed by atoms with van der Waals surface area (Å²) >= 11 is 0. The number of allylic oxidation sites excluding steroid dienone is 4. The first kappa shape index (κ1) is 19.8. The fourth-order valence-electron chi connectivity index (χ4n) is 0.851. The van der Waals surface area contributed by atoms with Crippen LogP contribution < -0.4 is 0 Å². The Kier molecular flexibility index (Phi) is 30.7. The van der Waals surface area contributed by atoms with Crippen LogP contribution in [0.5, 0.6) is 0 Å². The van der Waals surface area contributed by atoms with Gasteiger partial charge in [0.25, 0.3) is 0 Å². The number of hydrogen-bond acceptors (Lipinski definition) is 3. The van der Waals surface area contributed by atoms with Crippen molar-refractivity contribution in [3.8, 4) is 0 Å². The first-order valence-electron chi connectivity index (χ1n) is 4.38. The molecule has 0 atom stereocenters. The summed E-state index contributed by atoms with van der Waals surface area (Å²) < 4.78 is 4.94. The maximum absolute atomic E-state index is 8.00. The average molecular weight is 252 g/mol. The van der Waals surface area contributed by atoms with Crippen LogP contribution in [-0.2, 0) is 31.4 Å². The Morgan fingerprint density at radius 1 is 1.07 bits per heavy atom. The molecule has 1 aliphatic heterocycles. The van der Waals surface area contributed by atoms with E-state index in [9.17, 15) is 0 Å². The van der Waals surface area contributed by atoms with Gasteiger partial charge in [0.05, 0.1) is 0 Å².